The van der Waals surface area contributed by atoms with Crippen LogP contribution < -0.4 is 15.4 Å². The number of halogens is 2. The molecule has 2 aromatic rings. The lowest BCUT2D eigenvalue weighted by molar-refractivity contribution is -0.121. The predicted octanol–water partition coefficient (Wildman–Crippen LogP) is 3.31. The van der Waals surface area contributed by atoms with Crippen molar-refractivity contribution in [3.63, 3.8) is 0 Å². The third kappa shape index (κ3) is 6.64. The lowest BCUT2D eigenvalue weighted by Gasteiger charge is -2.09. The van der Waals surface area contributed by atoms with Gasteiger partial charge in [-0.1, -0.05) is 41.4 Å². The van der Waals surface area contributed by atoms with E-state index in [2.05, 4.69) is 10.6 Å². The predicted molar refractivity (Wildman–Crippen MR) is 98.4 cm³/mol. The number of nitrogens with one attached hydrogen (secondary N) is 2. The quantitative estimate of drug-likeness (QED) is 0.690. The van der Waals surface area contributed by atoms with Gasteiger partial charge in [-0.15, -0.1) is 0 Å². The van der Waals surface area contributed by atoms with Crippen molar-refractivity contribution >= 4 is 35.0 Å². The molecule has 2 aromatic carbocycles. The van der Waals surface area contributed by atoms with Crippen molar-refractivity contribution in [3.05, 3.63) is 64.1 Å². The Morgan fingerprint density at radius 2 is 1.64 bits per heavy atom. The first-order valence-electron chi connectivity index (χ1n) is 7.74. The van der Waals surface area contributed by atoms with Gasteiger partial charge in [0.05, 0.1) is 23.1 Å². The van der Waals surface area contributed by atoms with E-state index in [1.54, 1.807) is 42.5 Å². The van der Waals surface area contributed by atoms with Gasteiger partial charge in [0, 0.05) is 24.7 Å². The highest BCUT2D eigenvalue weighted by Crippen LogP contribution is 2.26. The molecule has 0 unspecified atom stereocenters. The molecule has 0 radical (unpaired) electrons. The normalized spacial score (nSPS) is 10.2. The number of amides is 2. The van der Waals surface area contributed by atoms with E-state index >= 15 is 0 Å². The van der Waals surface area contributed by atoms with Crippen LogP contribution in [0.3, 0.4) is 0 Å². The molecular formula is C18H18Cl2N2O3. The average molecular weight is 381 g/mol. The fraction of sp³-hybridized carbons (Fsp3) is 0.222. The molecule has 2 amide bonds. The number of benzene rings is 2. The van der Waals surface area contributed by atoms with Crippen LogP contribution in [-0.2, 0) is 4.79 Å². The molecule has 0 heterocycles. The maximum atomic E-state index is 11.8. The molecule has 25 heavy (non-hydrogen) atoms. The van der Waals surface area contributed by atoms with Gasteiger partial charge in [0.15, 0.2) is 0 Å². The largest absolute Gasteiger partial charge is 0.493 e. The number of hydrogen-bond donors (Lipinski definition) is 2. The molecule has 2 N–H and O–H groups in total. The summed E-state index contributed by atoms with van der Waals surface area (Å²) in [5, 5.41) is 6.30. The summed E-state index contributed by atoms with van der Waals surface area (Å²) in [7, 11) is 0. The van der Waals surface area contributed by atoms with Crippen molar-refractivity contribution in [2.24, 2.45) is 0 Å². The van der Waals surface area contributed by atoms with E-state index < -0.39 is 0 Å². The third-order valence-electron chi connectivity index (χ3n) is 3.26. The fourth-order valence-electron chi connectivity index (χ4n) is 1.99. The topological polar surface area (TPSA) is 67.4 Å². The zero-order valence-corrected chi connectivity index (χ0v) is 14.9. The Balaban J connectivity index is 1.59. The van der Waals surface area contributed by atoms with Crippen LogP contribution in [0.25, 0.3) is 0 Å². The van der Waals surface area contributed by atoms with Crippen LogP contribution in [0.1, 0.15) is 16.8 Å². The molecule has 0 atom stereocenters. The van der Waals surface area contributed by atoms with E-state index in [1.807, 2.05) is 6.07 Å². The van der Waals surface area contributed by atoms with Crippen molar-refractivity contribution in [2.45, 2.75) is 6.42 Å². The SMILES string of the molecule is O=C(CCOc1ccc(Cl)c(Cl)c1)NCCNC(=O)c1ccccc1. The Hall–Kier alpha value is -2.24. The maximum absolute atomic E-state index is 11.8. The zero-order chi connectivity index (χ0) is 18.1. The highest BCUT2D eigenvalue weighted by atomic mass is 35.5. The fourth-order valence-corrected chi connectivity index (χ4v) is 2.27. The molecule has 0 aliphatic carbocycles. The highest BCUT2D eigenvalue weighted by Gasteiger charge is 2.05. The molecule has 5 nitrogen and oxygen atoms in total. The second-order valence-electron chi connectivity index (χ2n) is 5.15. The Morgan fingerprint density at radius 1 is 0.920 bits per heavy atom. The number of carbonyl (C=O) groups excluding carboxylic acids is 2. The second kappa shape index (κ2) is 9.91. The summed E-state index contributed by atoms with van der Waals surface area (Å²) in [6.07, 6.45) is 0.201. The highest BCUT2D eigenvalue weighted by molar-refractivity contribution is 6.42. The van der Waals surface area contributed by atoms with E-state index in [4.69, 9.17) is 27.9 Å². The average Bonchev–Trinajstić information content (AvgIpc) is 2.62. The first kappa shape index (κ1) is 19.1. The Kier molecular flexibility index (Phi) is 7.57. The summed E-state index contributed by atoms with van der Waals surface area (Å²) in [4.78, 5) is 23.5. The minimum absolute atomic E-state index is 0.158. The van der Waals surface area contributed by atoms with Crippen LogP contribution in [0, 0.1) is 0 Å². The molecule has 0 fully saturated rings. The summed E-state index contributed by atoms with van der Waals surface area (Å²) in [6.45, 7) is 0.928. The van der Waals surface area contributed by atoms with E-state index in [9.17, 15) is 9.59 Å². The number of ether oxygens (including phenoxy) is 1. The van der Waals surface area contributed by atoms with Crippen LogP contribution in [-0.4, -0.2) is 31.5 Å². The van der Waals surface area contributed by atoms with Gasteiger partial charge in [-0.25, -0.2) is 0 Å². The number of carbonyl (C=O) groups is 2. The summed E-state index contributed by atoms with van der Waals surface area (Å²) in [5.74, 6) is 0.226. The van der Waals surface area contributed by atoms with Gasteiger partial charge in [0.2, 0.25) is 5.91 Å². The molecule has 132 valence electrons. The molecule has 0 aromatic heterocycles. The van der Waals surface area contributed by atoms with Gasteiger partial charge >= 0.3 is 0 Å². The van der Waals surface area contributed by atoms with E-state index in [0.717, 1.165) is 0 Å². The van der Waals surface area contributed by atoms with Crippen molar-refractivity contribution in [1.29, 1.82) is 0 Å². The smallest absolute Gasteiger partial charge is 0.251 e. The van der Waals surface area contributed by atoms with Gasteiger partial charge < -0.3 is 15.4 Å². The van der Waals surface area contributed by atoms with Crippen LogP contribution in [0.2, 0.25) is 10.0 Å². The minimum Gasteiger partial charge on any atom is -0.493 e. The second-order valence-corrected chi connectivity index (χ2v) is 5.96. The molecule has 0 bridgehead atoms. The van der Waals surface area contributed by atoms with Crippen LogP contribution in [0.4, 0.5) is 0 Å². The standard InChI is InChI=1S/C18H18Cl2N2O3/c19-15-7-6-14(12-16(15)20)25-11-8-17(23)21-9-10-22-18(24)13-4-2-1-3-5-13/h1-7,12H,8-11H2,(H,21,23)(H,22,24). The van der Waals surface area contributed by atoms with Crippen LogP contribution in [0.15, 0.2) is 48.5 Å². The number of rotatable bonds is 8. The van der Waals surface area contributed by atoms with Gasteiger partial charge in [-0.05, 0) is 24.3 Å². The van der Waals surface area contributed by atoms with Gasteiger partial charge in [0.1, 0.15) is 5.75 Å². The molecule has 0 aliphatic heterocycles. The van der Waals surface area contributed by atoms with E-state index in [-0.39, 0.29) is 24.8 Å². The van der Waals surface area contributed by atoms with Crippen molar-refractivity contribution < 1.29 is 14.3 Å². The number of hydrogen-bond acceptors (Lipinski definition) is 3. The molecule has 0 saturated heterocycles. The Labute approximate surface area is 156 Å². The Morgan fingerprint density at radius 3 is 2.36 bits per heavy atom. The van der Waals surface area contributed by atoms with E-state index in [1.165, 1.54) is 0 Å². The molecule has 0 aliphatic rings. The monoisotopic (exact) mass is 380 g/mol. The maximum Gasteiger partial charge on any atom is 0.251 e. The first-order valence-corrected chi connectivity index (χ1v) is 8.49. The molecule has 0 spiro atoms. The zero-order valence-electron chi connectivity index (χ0n) is 13.4. The molecule has 2 rings (SSSR count). The lowest BCUT2D eigenvalue weighted by atomic mass is 10.2. The minimum atomic E-state index is -0.169. The van der Waals surface area contributed by atoms with E-state index in [0.29, 0.717) is 34.4 Å². The molecule has 7 heteroatoms. The van der Waals surface area contributed by atoms with Gasteiger partial charge in [0.25, 0.3) is 5.91 Å². The first-order chi connectivity index (χ1) is 12.1. The van der Waals surface area contributed by atoms with Crippen LogP contribution >= 0.6 is 23.2 Å². The molecular weight excluding hydrogens is 363 g/mol. The van der Waals surface area contributed by atoms with Crippen LogP contribution in [0.5, 0.6) is 5.75 Å². The Bertz CT molecular complexity index is 724. The van der Waals surface area contributed by atoms with Gasteiger partial charge in [-0.3, -0.25) is 9.59 Å². The van der Waals surface area contributed by atoms with Crippen molar-refractivity contribution in [1.82, 2.24) is 10.6 Å². The summed E-state index contributed by atoms with van der Waals surface area (Å²) in [6, 6.07) is 13.8. The lowest BCUT2D eigenvalue weighted by Crippen LogP contribution is -2.35. The molecule has 0 saturated carbocycles. The van der Waals surface area contributed by atoms with Crippen molar-refractivity contribution in [2.75, 3.05) is 19.7 Å². The van der Waals surface area contributed by atoms with Gasteiger partial charge in [-0.2, -0.15) is 0 Å². The summed E-state index contributed by atoms with van der Waals surface area (Å²) in [5.41, 5.74) is 0.587. The van der Waals surface area contributed by atoms with Crippen molar-refractivity contribution in [3.8, 4) is 5.75 Å². The summed E-state index contributed by atoms with van der Waals surface area (Å²) >= 11 is 11.7. The third-order valence-corrected chi connectivity index (χ3v) is 4.00. The summed E-state index contributed by atoms with van der Waals surface area (Å²) < 4.78 is 5.44.